The van der Waals surface area contributed by atoms with Gasteiger partial charge >= 0.3 is 6.18 Å². The number of halogens is 3. The molecule has 0 spiro atoms. The van der Waals surface area contributed by atoms with Crippen molar-refractivity contribution in [1.29, 1.82) is 0 Å². The lowest BCUT2D eigenvalue weighted by molar-refractivity contribution is -0.143. The van der Waals surface area contributed by atoms with Gasteiger partial charge in [-0.2, -0.15) is 18.3 Å². The van der Waals surface area contributed by atoms with Crippen molar-refractivity contribution in [2.24, 2.45) is 0 Å². The summed E-state index contributed by atoms with van der Waals surface area (Å²) in [5.41, 5.74) is -1.08. The third-order valence-corrected chi connectivity index (χ3v) is 5.22. The first-order valence-electron chi connectivity index (χ1n) is 8.05. The second kappa shape index (κ2) is 7.07. The maximum atomic E-state index is 13.7. The lowest BCUT2D eigenvalue weighted by Gasteiger charge is -2.12. The quantitative estimate of drug-likeness (QED) is 0.697. The van der Waals surface area contributed by atoms with Gasteiger partial charge in [-0.25, -0.2) is 8.42 Å². The molecule has 0 saturated heterocycles. The maximum absolute atomic E-state index is 13.7. The Balaban J connectivity index is 2.20. The van der Waals surface area contributed by atoms with Crippen LogP contribution in [-0.4, -0.2) is 18.2 Å². The Morgan fingerprint density at radius 3 is 2.07 bits per heavy atom. The summed E-state index contributed by atoms with van der Waals surface area (Å²) in [5.74, 6) is -0.362. The molecule has 0 aliphatic heterocycles. The van der Waals surface area contributed by atoms with Crippen LogP contribution in [0.1, 0.15) is 12.6 Å². The Labute approximate surface area is 154 Å². The number of anilines is 1. The molecule has 0 amide bonds. The first-order chi connectivity index (χ1) is 12.7. The van der Waals surface area contributed by atoms with E-state index < -0.39 is 21.9 Å². The summed E-state index contributed by atoms with van der Waals surface area (Å²) in [7, 11) is -4.09. The van der Waals surface area contributed by atoms with E-state index in [9.17, 15) is 21.6 Å². The van der Waals surface area contributed by atoms with Crippen LogP contribution in [0.3, 0.4) is 0 Å². The summed E-state index contributed by atoms with van der Waals surface area (Å²) in [6.07, 6.45) is -4.70. The van der Waals surface area contributed by atoms with Gasteiger partial charge in [-0.05, 0) is 24.6 Å². The number of hydrogen-bond donors (Lipinski definition) is 1. The van der Waals surface area contributed by atoms with Crippen LogP contribution in [0.25, 0.3) is 11.1 Å². The Morgan fingerprint density at radius 1 is 1.00 bits per heavy atom. The Bertz CT molecular complexity index is 1030. The van der Waals surface area contributed by atoms with E-state index in [1.165, 1.54) is 43.3 Å². The van der Waals surface area contributed by atoms with Gasteiger partial charge in [-0.15, -0.1) is 0 Å². The molecule has 0 bridgehead atoms. The van der Waals surface area contributed by atoms with Gasteiger partial charge in [0.05, 0.1) is 10.5 Å². The minimum absolute atomic E-state index is 0.0661. The molecular weight excluding hydrogens is 379 g/mol. The number of rotatable bonds is 5. The highest BCUT2D eigenvalue weighted by Crippen LogP contribution is 2.41. The number of aryl methyl sites for hydroxylation is 1. The van der Waals surface area contributed by atoms with Crippen molar-refractivity contribution in [1.82, 2.24) is 9.78 Å². The Morgan fingerprint density at radius 2 is 1.56 bits per heavy atom. The van der Waals surface area contributed by atoms with Crippen LogP contribution in [0.2, 0.25) is 0 Å². The molecule has 0 radical (unpaired) electrons. The van der Waals surface area contributed by atoms with Gasteiger partial charge in [0.25, 0.3) is 10.0 Å². The van der Waals surface area contributed by atoms with E-state index in [4.69, 9.17) is 0 Å². The molecule has 1 N–H and O–H groups in total. The highest BCUT2D eigenvalue weighted by molar-refractivity contribution is 7.92. The summed E-state index contributed by atoms with van der Waals surface area (Å²) >= 11 is 0. The lowest BCUT2D eigenvalue weighted by Crippen LogP contribution is -2.14. The standard InChI is InChI=1S/C18H16F3N3O2S/c1-2-24-16(18(19,20)21)15(13-9-5-3-6-10-13)17(22-24)23-27(25,26)14-11-7-4-8-12-14/h3-12H,2H2,1H3,(H,22,23). The number of hydrogen-bond acceptors (Lipinski definition) is 3. The van der Waals surface area contributed by atoms with E-state index in [2.05, 4.69) is 9.82 Å². The predicted molar refractivity (Wildman–Crippen MR) is 95.6 cm³/mol. The molecule has 3 rings (SSSR count). The Hall–Kier alpha value is -2.81. The zero-order chi connectivity index (χ0) is 19.7. The number of aromatic nitrogens is 2. The van der Waals surface area contributed by atoms with Gasteiger partial charge in [0.15, 0.2) is 11.5 Å². The number of nitrogens with one attached hydrogen (secondary N) is 1. The Kier molecular flexibility index (Phi) is 4.97. The van der Waals surface area contributed by atoms with Crippen LogP contribution in [0.5, 0.6) is 0 Å². The summed E-state index contributed by atoms with van der Waals surface area (Å²) in [5, 5.41) is 3.89. The number of sulfonamides is 1. The normalized spacial score (nSPS) is 12.1. The van der Waals surface area contributed by atoms with Crippen molar-refractivity contribution in [2.45, 2.75) is 24.5 Å². The van der Waals surface area contributed by atoms with Crippen molar-refractivity contribution in [3.63, 3.8) is 0 Å². The van der Waals surface area contributed by atoms with Crippen molar-refractivity contribution >= 4 is 15.8 Å². The van der Waals surface area contributed by atoms with E-state index >= 15 is 0 Å². The lowest BCUT2D eigenvalue weighted by atomic mass is 10.1. The fraction of sp³-hybridized carbons (Fsp3) is 0.167. The molecule has 0 aliphatic carbocycles. The molecule has 1 aromatic heterocycles. The van der Waals surface area contributed by atoms with Gasteiger partial charge in [-0.3, -0.25) is 9.40 Å². The third kappa shape index (κ3) is 3.82. The van der Waals surface area contributed by atoms with E-state index in [1.54, 1.807) is 24.3 Å². The third-order valence-electron chi connectivity index (χ3n) is 3.87. The van der Waals surface area contributed by atoms with E-state index in [1.807, 2.05) is 0 Å². The maximum Gasteiger partial charge on any atom is 0.433 e. The SMILES string of the molecule is CCn1nc(NS(=O)(=O)c2ccccc2)c(-c2ccccc2)c1C(F)(F)F. The van der Waals surface area contributed by atoms with Gasteiger partial charge in [-0.1, -0.05) is 48.5 Å². The molecule has 1 heterocycles. The summed E-state index contributed by atoms with van der Waals surface area (Å²) in [4.78, 5) is -0.0661. The number of alkyl halides is 3. The van der Waals surface area contributed by atoms with Crippen LogP contribution in [0.15, 0.2) is 65.6 Å². The predicted octanol–water partition coefficient (Wildman–Crippen LogP) is 4.39. The fourth-order valence-electron chi connectivity index (χ4n) is 2.71. The van der Waals surface area contributed by atoms with Gasteiger partial charge in [0, 0.05) is 6.54 Å². The van der Waals surface area contributed by atoms with Crippen molar-refractivity contribution in [2.75, 3.05) is 4.72 Å². The molecule has 0 saturated carbocycles. The van der Waals surface area contributed by atoms with Gasteiger partial charge in [0.1, 0.15) is 0 Å². The first kappa shape index (κ1) is 19.0. The zero-order valence-electron chi connectivity index (χ0n) is 14.2. The molecule has 27 heavy (non-hydrogen) atoms. The van der Waals surface area contributed by atoms with Crippen LogP contribution < -0.4 is 4.72 Å². The van der Waals surface area contributed by atoms with Crippen molar-refractivity contribution in [3.05, 3.63) is 66.4 Å². The molecule has 142 valence electrons. The minimum Gasteiger partial charge on any atom is -0.261 e. The van der Waals surface area contributed by atoms with Crippen molar-refractivity contribution < 1.29 is 21.6 Å². The molecular formula is C18H16F3N3O2S. The average molecular weight is 395 g/mol. The van der Waals surface area contributed by atoms with Crippen LogP contribution in [0, 0.1) is 0 Å². The second-order valence-electron chi connectivity index (χ2n) is 5.67. The van der Waals surface area contributed by atoms with Crippen LogP contribution >= 0.6 is 0 Å². The largest absolute Gasteiger partial charge is 0.433 e. The fourth-order valence-corrected chi connectivity index (χ4v) is 3.75. The van der Waals surface area contributed by atoms with Crippen molar-refractivity contribution in [3.8, 4) is 11.1 Å². The molecule has 5 nitrogen and oxygen atoms in total. The molecule has 0 atom stereocenters. The van der Waals surface area contributed by atoms with Gasteiger partial charge in [0.2, 0.25) is 0 Å². The molecule has 2 aromatic carbocycles. The molecule has 9 heteroatoms. The summed E-state index contributed by atoms with van der Waals surface area (Å²) in [6.45, 7) is 1.44. The summed E-state index contributed by atoms with van der Waals surface area (Å²) < 4.78 is 69.3. The van der Waals surface area contributed by atoms with E-state index in [0.717, 1.165) is 4.68 Å². The number of nitrogens with zero attached hydrogens (tertiary/aromatic N) is 2. The summed E-state index contributed by atoms with van der Waals surface area (Å²) in [6, 6.07) is 15.2. The number of benzene rings is 2. The zero-order valence-corrected chi connectivity index (χ0v) is 15.1. The molecule has 3 aromatic rings. The van der Waals surface area contributed by atoms with E-state index in [-0.39, 0.29) is 28.4 Å². The minimum atomic E-state index is -4.70. The second-order valence-corrected chi connectivity index (χ2v) is 7.35. The molecule has 0 unspecified atom stereocenters. The van der Waals surface area contributed by atoms with Crippen LogP contribution in [0.4, 0.5) is 19.0 Å². The monoisotopic (exact) mass is 395 g/mol. The molecule has 0 fully saturated rings. The molecule has 0 aliphatic rings. The topological polar surface area (TPSA) is 64.0 Å². The first-order valence-corrected chi connectivity index (χ1v) is 9.53. The smallest absolute Gasteiger partial charge is 0.261 e. The average Bonchev–Trinajstić information content (AvgIpc) is 3.01. The van der Waals surface area contributed by atoms with Gasteiger partial charge < -0.3 is 0 Å². The van der Waals surface area contributed by atoms with Crippen LogP contribution in [-0.2, 0) is 22.7 Å². The highest BCUT2D eigenvalue weighted by atomic mass is 32.2. The van der Waals surface area contributed by atoms with E-state index in [0.29, 0.717) is 0 Å². The highest BCUT2D eigenvalue weighted by Gasteiger charge is 2.40.